The lowest BCUT2D eigenvalue weighted by molar-refractivity contribution is -0.00539. The molecule has 31 heavy (non-hydrogen) atoms. The van der Waals surface area contributed by atoms with E-state index in [1.165, 1.54) is 18.2 Å². The number of halogens is 1. The average Bonchev–Trinajstić information content (AvgIpc) is 2.67. The molecular weight excluding hydrogens is 423 g/mol. The van der Waals surface area contributed by atoms with Crippen molar-refractivity contribution < 1.29 is 22.3 Å². The maximum Gasteiger partial charge on any atom is 0.319 e. The number of nitrogens with two attached hydrogens (primary N) is 1. The predicted octanol–water partition coefficient (Wildman–Crippen LogP) is 2.45. The lowest BCUT2D eigenvalue weighted by Gasteiger charge is -2.37. The van der Waals surface area contributed by atoms with E-state index in [2.05, 4.69) is 10.6 Å². The van der Waals surface area contributed by atoms with E-state index in [1.54, 1.807) is 24.3 Å². The Bertz CT molecular complexity index is 1020. The second-order valence-corrected chi connectivity index (χ2v) is 9.21. The van der Waals surface area contributed by atoms with Crippen LogP contribution in [0.25, 0.3) is 0 Å². The molecule has 4 N–H and O–H groups in total. The van der Waals surface area contributed by atoms with Gasteiger partial charge in [-0.2, -0.15) is 0 Å². The highest BCUT2D eigenvalue weighted by molar-refractivity contribution is 7.89. The lowest BCUT2D eigenvalue weighted by atomic mass is 10.1. The second kappa shape index (κ2) is 9.63. The summed E-state index contributed by atoms with van der Waals surface area (Å²) in [5, 5.41) is 10.4. The van der Waals surface area contributed by atoms with Gasteiger partial charge >= 0.3 is 6.03 Å². The molecule has 168 valence electrons. The molecule has 2 unspecified atom stereocenters. The molecule has 2 aromatic carbocycles. The molecule has 2 atom stereocenters. The molecule has 0 spiro atoms. The van der Waals surface area contributed by atoms with Crippen molar-refractivity contribution in [3.63, 3.8) is 0 Å². The maximum absolute atomic E-state index is 14.6. The second-order valence-electron chi connectivity index (χ2n) is 7.65. The Balaban J connectivity index is 1.51. The summed E-state index contributed by atoms with van der Waals surface area (Å²) in [6, 6.07) is 10.3. The van der Waals surface area contributed by atoms with E-state index in [4.69, 9.17) is 9.88 Å². The molecule has 0 saturated carbocycles. The van der Waals surface area contributed by atoms with Crippen LogP contribution in [-0.4, -0.2) is 46.3 Å². The van der Waals surface area contributed by atoms with Crippen LogP contribution in [0.3, 0.4) is 0 Å². The fourth-order valence-corrected chi connectivity index (χ4v) is 4.07. The van der Waals surface area contributed by atoms with Crippen molar-refractivity contribution in [3.8, 4) is 0 Å². The largest absolute Gasteiger partial charge is 0.372 e. The van der Waals surface area contributed by atoms with Crippen LogP contribution in [0.2, 0.25) is 0 Å². The van der Waals surface area contributed by atoms with Crippen LogP contribution in [0.5, 0.6) is 0 Å². The number of nitrogens with zero attached hydrogens (tertiary/aromatic N) is 1. The summed E-state index contributed by atoms with van der Waals surface area (Å²) in [5.41, 5.74) is 1.68. The summed E-state index contributed by atoms with van der Waals surface area (Å²) in [5.74, 6) is -0.408. The minimum absolute atomic E-state index is 0.0163. The smallest absolute Gasteiger partial charge is 0.319 e. The summed E-state index contributed by atoms with van der Waals surface area (Å²) >= 11 is 0. The van der Waals surface area contributed by atoms with E-state index < -0.39 is 21.9 Å². The van der Waals surface area contributed by atoms with Crippen molar-refractivity contribution in [2.45, 2.75) is 37.4 Å². The fraction of sp³-hybridized carbons (Fsp3) is 0.381. The Morgan fingerprint density at radius 2 is 1.81 bits per heavy atom. The molecule has 0 aliphatic carbocycles. The van der Waals surface area contributed by atoms with Crippen LogP contribution in [0.15, 0.2) is 47.4 Å². The fourth-order valence-electron chi connectivity index (χ4n) is 3.56. The molecule has 2 aromatic rings. The van der Waals surface area contributed by atoms with E-state index in [9.17, 15) is 17.6 Å². The third-order valence-corrected chi connectivity index (χ3v) is 5.85. The van der Waals surface area contributed by atoms with Gasteiger partial charge in [0.15, 0.2) is 0 Å². The van der Waals surface area contributed by atoms with E-state index >= 15 is 0 Å². The Labute approximate surface area is 181 Å². The molecule has 3 rings (SSSR count). The molecule has 0 radical (unpaired) electrons. The zero-order valence-electron chi connectivity index (χ0n) is 17.5. The Morgan fingerprint density at radius 3 is 2.39 bits per heavy atom. The summed E-state index contributed by atoms with van der Waals surface area (Å²) in [6.07, 6.45) is 0.532. The number of rotatable bonds is 6. The van der Waals surface area contributed by atoms with Crippen molar-refractivity contribution in [2.75, 3.05) is 29.9 Å². The molecule has 1 aliphatic rings. The summed E-state index contributed by atoms with van der Waals surface area (Å²) in [4.78, 5) is 14.1. The minimum atomic E-state index is -3.73. The maximum atomic E-state index is 14.6. The average molecular weight is 451 g/mol. The van der Waals surface area contributed by atoms with Crippen LogP contribution in [0.4, 0.5) is 20.6 Å². The molecule has 2 amide bonds. The van der Waals surface area contributed by atoms with Crippen LogP contribution >= 0.6 is 0 Å². The zero-order valence-corrected chi connectivity index (χ0v) is 18.3. The van der Waals surface area contributed by atoms with Gasteiger partial charge in [0.05, 0.1) is 22.8 Å². The van der Waals surface area contributed by atoms with Gasteiger partial charge in [-0.05, 0) is 56.2 Å². The number of benzene rings is 2. The van der Waals surface area contributed by atoms with Crippen molar-refractivity contribution in [1.29, 1.82) is 0 Å². The summed E-state index contributed by atoms with van der Waals surface area (Å²) in [6.45, 7) is 5.44. The first kappa shape index (κ1) is 23.0. The molecule has 10 heteroatoms. The first-order chi connectivity index (χ1) is 14.6. The molecule has 0 aromatic heterocycles. The first-order valence-electron chi connectivity index (χ1n) is 9.98. The van der Waals surface area contributed by atoms with Crippen molar-refractivity contribution in [3.05, 3.63) is 53.8 Å². The molecule has 1 aliphatic heterocycles. The number of hydrogen-bond acceptors (Lipinski definition) is 5. The Kier molecular flexibility index (Phi) is 7.14. The Morgan fingerprint density at radius 1 is 1.16 bits per heavy atom. The molecule has 8 nitrogen and oxygen atoms in total. The van der Waals surface area contributed by atoms with Gasteiger partial charge in [-0.25, -0.2) is 22.7 Å². The number of carbonyl (C=O) groups is 1. The van der Waals surface area contributed by atoms with Gasteiger partial charge in [0.2, 0.25) is 10.0 Å². The summed E-state index contributed by atoms with van der Waals surface area (Å²) < 4.78 is 42.8. The highest BCUT2D eigenvalue weighted by atomic mass is 32.2. The zero-order chi connectivity index (χ0) is 22.6. The van der Waals surface area contributed by atoms with Crippen molar-refractivity contribution >= 4 is 27.4 Å². The predicted molar refractivity (Wildman–Crippen MR) is 117 cm³/mol. The van der Waals surface area contributed by atoms with E-state index in [-0.39, 0.29) is 17.1 Å². The number of morpholine rings is 1. The van der Waals surface area contributed by atoms with Gasteiger partial charge in [-0.3, -0.25) is 0 Å². The summed E-state index contributed by atoms with van der Waals surface area (Å²) in [7, 11) is -3.73. The van der Waals surface area contributed by atoms with Gasteiger partial charge in [0, 0.05) is 25.3 Å². The third-order valence-electron chi connectivity index (χ3n) is 4.92. The Hall–Kier alpha value is -2.69. The standard InChI is InChI=1S/C21H27FN4O4S/c1-14-12-26(13-15(2)30-14)20-8-5-17(11-19(20)22)25-21(27)24-10-9-16-3-6-18(7-4-16)31(23,28)29/h3-8,11,14-15H,9-10,12-13H2,1-2H3,(H2,23,28,29)(H2,24,25,27). The number of nitrogens with one attached hydrogen (secondary N) is 2. The SMILES string of the molecule is CC1CN(c2ccc(NC(=O)NCCc3ccc(S(N)(=O)=O)cc3)cc2F)CC(C)O1. The van der Waals surface area contributed by atoms with Gasteiger partial charge in [-0.15, -0.1) is 0 Å². The highest BCUT2D eigenvalue weighted by Crippen LogP contribution is 2.26. The number of urea groups is 1. The topological polar surface area (TPSA) is 114 Å². The molecule has 0 bridgehead atoms. The quantitative estimate of drug-likeness (QED) is 0.626. The van der Waals surface area contributed by atoms with Crippen molar-refractivity contribution in [2.24, 2.45) is 5.14 Å². The number of ether oxygens (including phenoxy) is 1. The number of sulfonamides is 1. The number of amides is 2. The van der Waals surface area contributed by atoms with Gasteiger partial charge < -0.3 is 20.3 Å². The number of primary sulfonamides is 1. The van der Waals surface area contributed by atoms with Crippen molar-refractivity contribution in [1.82, 2.24) is 5.32 Å². The first-order valence-corrected chi connectivity index (χ1v) is 11.5. The number of anilines is 2. The van der Waals surface area contributed by atoms with E-state index in [0.29, 0.717) is 37.4 Å². The normalized spacial score (nSPS) is 19.2. The monoisotopic (exact) mass is 450 g/mol. The minimum Gasteiger partial charge on any atom is -0.372 e. The molecular formula is C21H27FN4O4S. The lowest BCUT2D eigenvalue weighted by Crippen LogP contribution is -2.45. The third kappa shape index (κ3) is 6.39. The van der Waals surface area contributed by atoms with Gasteiger partial charge in [0.25, 0.3) is 0 Å². The molecule has 1 fully saturated rings. The van der Waals surface area contributed by atoms with Crippen LogP contribution in [-0.2, 0) is 21.2 Å². The highest BCUT2D eigenvalue weighted by Gasteiger charge is 2.24. The van der Waals surface area contributed by atoms with Gasteiger partial charge in [-0.1, -0.05) is 12.1 Å². The molecule has 1 heterocycles. The van der Waals surface area contributed by atoms with Crippen LogP contribution in [0.1, 0.15) is 19.4 Å². The molecule has 1 saturated heterocycles. The van der Waals surface area contributed by atoms with Gasteiger partial charge in [0.1, 0.15) is 5.82 Å². The van der Waals surface area contributed by atoms with Crippen LogP contribution < -0.4 is 20.7 Å². The number of carbonyl (C=O) groups excluding carboxylic acids is 1. The van der Waals surface area contributed by atoms with E-state index in [1.807, 2.05) is 18.7 Å². The van der Waals surface area contributed by atoms with E-state index in [0.717, 1.165) is 5.56 Å². The van der Waals surface area contributed by atoms with Crippen LogP contribution in [0, 0.1) is 5.82 Å². The number of hydrogen-bond donors (Lipinski definition) is 3.